The summed E-state index contributed by atoms with van der Waals surface area (Å²) in [5.41, 5.74) is 0.714. The Balaban J connectivity index is 1.68. The van der Waals surface area contributed by atoms with Gasteiger partial charge in [0.1, 0.15) is 23.5 Å². The molecule has 1 aromatic heterocycles. The predicted molar refractivity (Wildman–Crippen MR) is 118 cm³/mol. The van der Waals surface area contributed by atoms with Crippen LogP contribution in [0.5, 0.6) is 5.75 Å². The number of benzene rings is 2. The molecule has 3 heterocycles. The molecule has 7 nitrogen and oxygen atoms in total. The zero-order valence-electron chi connectivity index (χ0n) is 16.9. The first-order valence-electron chi connectivity index (χ1n) is 10.4. The minimum atomic E-state index is -0.471. The number of hydrogen-bond acceptors (Lipinski definition) is 6. The van der Waals surface area contributed by atoms with Gasteiger partial charge in [0.15, 0.2) is 0 Å². The highest BCUT2D eigenvalue weighted by Gasteiger charge is 2.23. The number of nitrogens with zero attached hydrogens (tertiary/aromatic N) is 3. The number of piperazine rings is 1. The van der Waals surface area contributed by atoms with Crippen molar-refractivity contribution in [2.45, 2.75) is 12.6 Å². The van der Waals surface area contributed by atoms with E-state index >= 15 is 0 Å². The molecule has 2 aromatic carbocycles. The van der Waals surface area contributed by atoms with Crippen LogP contribution in [-0.2, 0) is 6.54 Å². The van der Waals surface area contributed by atoms with E-state index in [4.69, 9.17) is 21.3 Å². The Bertz CT molecular complexity index is 1170. The largest absolute Gasteiger partial charge is 0.486 e. The van der Waals surface area contributed by atoms with E-state index in [1.807, 2.05) is 0 Å². The average molecular weight is 444 g/mol. The molecule has 0 saturated carbocycles. The molecule has 9 heteroatoms. The van der Waals surface area contributed by atoms with Crippen LogP contribution in [0.3, 0.4) is 0 Å². The fourth-order valence-corrected chi connectivity index (χ4v) is 4.08. The average Bonchev–Trinajstić information content (AvgIpc) is 2.73. The summed E-state index contributed by atoms with van der Waals surface area (Å²) in [6.07, 6.45) is 0.00963. The summed E-state index contributed by atoms with van der Waals surface area (Å²) >= 11 is 6.24. The van der Waals surface area contributed by atoms with Gasteiger partial charge in [-0.2, -0.15) is 0 Å². The first-order valence-corrected chi connectivity index (χ1v) is 10.8. The number of fused-ring (bicyclic) bond motifs is 1. The molecule has 0 aliphatic carbocycles. The van der Waals surface area contributed by atoms with Gasteiger partial charge in [0, 0.05) is 50.4 Å². The monoisotopic (exact) mass is 443 g/mol. The van der Waals surface area contributed by atoms with Crippen LogP contribution in [-0.4, -0.2) is 59.8 Å². The van der Waals surface area contributed by atoms with E-state index in [2.05, 4.69) is 15.5 Å². The zero-order valence-corrected chi connectivity index (χ0v) is 17.7. The number of hydrogen-bond donors (Lipinski definition) is 2. The van der Waals surface area contributed by atoms with Crippen molar-refractivity contribution in [3.05, 3.63) is 63.4 Å². The van der Waals surface area contributed by atoms with E-state index in [1.165, 1.54) is 12.1 Å². The highest BCUT2D eigenvalue weighted by Crippen LogP contribution is 2.29. The van der Waals surface area contributed by atoms with Gasteiger partial charge in [-0.3, -0.25) is 14.3 Å². The van der Waals surface area contributed by atoms with Crippen LogP contribution in [0.15, 0.2) is 41.2 Å². The van der Waals surface area contributed by atoms with E-state index in [1.54, 1.807) is 28.8 Å². The Morgan fingerprint density at radius 3 is 2.68 bits per heavy atom. The summed E-state index contributed by atoms with van der Waals surface area (Å²) < 4.78 is 21.6. The molecule has 5 rings (SSSR count). The van der Waals surface area contributed by atoms with Gasteiger partial charge in [-0.15, -0.1) is 0 Å². The number of halogens is 2. The van der Waals surface area contributed by atoms with Crippen LogP contribution in [0.1, 0.15) is 5.82 Å². The lowest BCUT2D eigenvalue weighted by Crippen LogP contribution is -2.50. The summed E-state index contributed by atoms with van der Waals surface area (Å²) in [7, 11) is 0. The molecule has 0 amide bonds. The lowest BCUT2D eigenvalue weighted by Gasteiger charge is -2.30. The summed E-state index contributed by atoms with van der Waals surface area (Å²) in [4.78, 5) is 20.6. The fourth-order valence-electron chi connectivity index (χ4n) is 3.92. The van der Waals surface area contributed by atoms with Crippen LogP contribution in [0, 0.1) is 5.82 Å². The van der Waals surface area contributed by atoms with Crippen molar-refractivity contribution in [2.75, 3.05) is 39.3 Å². The molecule has 2 N–H and O–H groups in total. The molecule has 2 saturated heterocycles. The molecule has 162 valence electrons. The van der Waals surface area contributed by atoms with Crippen LogP contribution in [0.2, 0.25) is 5.02 Å². The number of rotatable bonds is 5. The second-order valence-electron chi connectivity index (χ2n) is 7.87. The van der Waals surface area contributed by atoms with Crippen LogP contribution >= 0.6 is 11.6 Å². The molecule has 0 unspecified atom stereocenters. The fraction of sp³-hybridized carbons (Fsp3) is 0.364. The Morgan fingerprint density at radius 2 is 1.94 bits per heavy atom. The van der Waals surface area contributed by atoms with Crippen molar-refractivity contribution in [3.63, 3.8) is 0 Å². The lowest BCUT2D eigenvalue weighted by atomic mass is 10.2. The van der Waals surface area contributed by atoms with Crippen molar-refractivity contribution < 1.29 is 9.13 Å². The smallest absolute Gasteiger partial charge is 0.266 e. The van der Waals surface area contributed by atoms with Crippen molar-refractivity contribution in [1.82, 2.24) is 25.1 Å². The SMILES string of the molecule is O=c1c2cc(F)ccc2nc(CN2CCNCC2)n1-c1ccc(Cl)cc1OC1CNC1. The van der Waals surface area contributed by atoms with Gasteiger partial charge in [0.25, 0.3) is 5.56 Å². The molecule has 2 aliphatic heterocycles. The van der Waals surface area contributed by atoms with E-state index < -0.39 is 5.82 Å². The molecule has 2 aliphatic rings. The molecule has 2 fully saturated rings. The number of ether oxygens (including phenoxy) is 1. The van der Waals surface area contributed by atoms with Crippen LogP contribution in [0.4, 0.5) is 4.39 Å². The highest BCUT2D eigenvalue weighted by atomic mass is 35.5. The topological polar surface area (TPSA) is 71.4 Å². The first kappa shape index (κ1) is 20.4. The van der Waals surface area contributed by atoms with E-state index in [0.29, 0.717) is 34.3 Å². The first-order chi connectivity index (χ1) is 15.1. The van der Waals surface area contributed by atoms with Crippen molar-refractivity contribution in [3.8, 4) is 11.4 Å². The molecule has 0 bridgehead atoms. The molecule has 0 spiro atoms. The maximum atomic E-state index is 13.9. The van der Waals surface area contributed by atoms with Gasteiger partial charge < -0.3 is 15.4 Å². The third-order valence-corrected chi connectivity index (χ3v) is 5.91. The number of nitrogens with one attached hydrogen (secondary N) is 2. The standard InChI is InChI=1S/C22H23ClFN5O2/c23-14-1-4-19(20(9-14)31-16-11-26-12-16)29-21(13-28-7-5-25-6-8-28)27-18-3-2-15(24)10-17(18)22(29)30/h1-4,9-10,16,25-26H,5-8,11-13H2. The van der Waals surface area contributed by atoms with Gasteiger partial charge in [0.05, 0.1) is 23.1 Å². The number of aromatic nitrogens is 2. The quantitative estimate of drug-likeness (QED) is 0.628. The third-order valence-electron chi connectivity index (χ3n) is 5.67. The predicted octanol–water partition coefficient (Wildman–Crippen LogP) is 1.93. The molecular formula is C22H23ClFN5O2. The second kappa shape index (κ2) is 8.55. The summed E-state index contributed by atoms with van der Waals surface area (Å²) in [5.74, 6) is 0.631. The van der Waals surface area contributed by atoms with Crippen molar-refractivity contribution in [2.24, 2.45) is 0 Å². The second-order valence-corrected chi connectivity index (χ2v) is 8.30. The van der Waals surface area contributed by atoms with E-state index in [0.717, 1.165) is 39.3 Å². The Kier molecular flexibility index (Phi) is 5.62. The van der Waals surface area contributed by atoms with Crippen molar-refractivity contribution in [1.29, 1.82) is 0 Å². The van der Waals surface area contributed by atoms with Gasteiger partial charge in [0.2, 0.25) is 0 Å². The van der Waals surface area contributed by atoms with Gasteiger partial charge >= 0.3 is 0 Å². The summed E-state index contributed by atoms with van der Waals surface area (Å²) in [5, 5.41) is 7.25. The maximum Gasteiger partial charge on any atom is 0.266 e. The third kappa shape index (κ3) is 4.16. The van der Waals surface area contributed by atoms with E-state index in [9.17, 15) is 9.18 Å². The summed E-state index contributed by atoms with van der Waals surface area (Å²) in [6, 6.07) is 9.32. The zero-order chi connectivity index (χ0) is 21.4. The Morgan fingerprint density at radius 1 is 1.13 bits per heavy atom. The molecule has 0 atom stereocenters. The van der Waals surface area contributed by atoms with E-state index in [-0.39, 0.29) is 17.0 Å². The highest BCUT2D eigenvalue weighted by molar-refractivity contribution is 6.30. The minimum absolute atomic E-state index is 0.00963. The lowest BCUT2D eigenvalue weighted by molar-refractivity contribution is 0.142. The van der Waals surface area contributed by atoms with Crippen LogP contribution in [0.25, 0.3) is 16.6 Å². The minimum Gasteiger partial charge on any atom is -0.486 e. The maximum absolute atomic E-state index is 13.9. The molecular weight excluding hydrogens is 421 g/mol. The van der Waals surface area contributed by atoms with Gasteiger partial charge in [-0.25, -0.2) is 9.37 Å². The van der Waals surface area contributed by atoms with Crippen LogP contribution < -0.4 is 20.9 Å². The molecule has 0 radical (unpaired) electrons. The van der Waals surface area contributed by atoms with Gasteiger partial charge in [-0.05, 0) is 30.3 Å². The molecule has 31 heavy (non-hydrogen) atoms. The Labute approximate surface area is 183 Å². The van der Waals surface area contributed by atoms with Crippen molar-refractivity contribution >= 4 is 22.5 Å². The van der Waals surface area contributed by atoms with Gasteiger partial charge in [-0.1, -0.05) is 11.6 Å². The summed E-state index contributed by atoms with van der Waals surface area (Å²) in [6.45, 7) is 5.44. The molecule has 3 aromatic rings. The Hall–Kier alpha value is -2.52. The normalized spacial score (nSPS) is 17.6.